The monoisotopic (exact) mass is 321 g/mol. The van der Waals surface area contributed by atoms with Crippen LogP contribution in [0.5, 0.6) is 0 Å². The van der Waals surface area contributed by atoms with E-state index < -0.39 is 0 Å². The summed E-state index contributed by atoms with van der Waals surface area (Å²) < 4.78 is 0. The van der Waals surface area contributed by atoms with E-state index in [-0.39, 0.29) is 12.1 Å². The van der Waals surface area contributed by atoms with Gasteiger partial charge in [-0.15, -0.1) is 11.8 Å². The third-order valence-electron chi connectivity index (χ3n) is 2.94. The number of thioether (sulfide) groups is 1. The number of halogens is 1. The maximum absolute atomic E-state index is 12.1. The number of rotatable bonds is 4. The highest BCUT2D eigenvalue weighted by Crippen LogP contribution is 2.28. The zero-order chi connectivity index (χ0) is 15.2. The molecule has 1 unspecified atom stereocenters. The minimum atomic E-state index is -0.274. The molecule has 2 rings (SSSR count). The average Bonchev–Trinajstić information content (AvgIpc) is 2.48. The van der Waals surface area contributed by atoms with Crippen LogP contribution in [0, 0.1) is 0 Å². The van der Waals surface area contributed by atoms with Gasteiger partial charge in [0.1, 0.15) is 0 Å². The number of hydrogen-bond donors (Lipinski definition) is 2. The number of pyridine rings is 1. The number of nitrogens with zero attached hydrogens (tertiary/aromatic N) is 1. The fourth-order valence-electron chi connectivity index (χ4n) is 1.85. The molecule has 0 bridgehead atoms. The number of amides is 2. The molecule has 2 aromatic rings. The average molecular weight is 322 g/mol. The summed E-state index contributed by atoms with van der Waals surface area (Å²) in [5, 5.41) is 6.29. The smallest absolute Gasteiger partial charge is 0.319 e. The third-order valence-corrected chi connectivity index (χ3v) is 3.97. The third kappa shape index (κ3) is 4.37. The first-order valence-corrected chi connectivity index (χ1v) is 8.01. The summed E-state index contributed by atoms with van der Waals surface area (Å²) in [5.41, 5.74) is 1.65. The Hall–Kier alpha value is -1.72. The lowest BCUT2D eigenvalue weighted by molar-refractivity contribution is 0.249. The molecule has 6 heteroatoms. The molecule has 0 aliphatic rings. The van der Waals surface area contributed by atoms with Gasteiger partial charge < -0.3 is 10.6 Å². The molecule has 4 nitrogen and oxygen atoms in total. The van der Waals surface area contributed by atoms with Crippen LogP contribution < -0.4 is 10.6 Å². The van der Waals surface area contributed by atoms with Crippen LogP contribution in [0.4, 0.5) is 10.5 Å². The molecule has 110 valence electrons. The number of benzene rings is 1. The molecule has 0 saturated carbocycles. The zero-order valence-electron chi connectivity index (χ0n) is 11.8. The van der Waals surface area contributed by atoms with Crippen molar-refractivity contribution >= 4 is 35.1 Å². The lowest BCUT2D eigenvalue weighted by Crippen LogP contribution is -2.31. The van der Waals surface area contributed by atoms with Gasteiger partial charge >= 0.3 is 6.03 Å². The van der Waals surface area contributed by atoms with Gasteiger partial charge in [0, 0.05) is 22.3 Å². The molecule has 0 aliphatic carbocycles. The molecule has 1 atom stereocenters. The van der Waals surface area contributed by atoms with Gasteiger partial charge in [0.15, 0.2) is 0 Å². The molecular weight excluding hydrogens is 306 g/mol. The van der Waals surface area contributed by atoms with Gasteiger partial charge in [-0.3, -0.25) is 4.98 Å². The fraction of sp³-hybridized carbons (Fsp3) is 0.200. The van der Waals surface area contributed by atoms with Gasteiger partial charge in [0.2, 0.25) is 0 Å². The van der Waals surface area contributed by atoms with Crippen molar-refractivity contribution in [1.29, 1.82) is 0 Å². The molecule has 21 heavy (non-hydrogen) atoms. The topological polar surface area (TPSA) is 54.0 Å². The first kappa shape index (κ1) is 15.7. The Morgan fingerprint density at radius 2 is 2.19 bits per heavy atom. The summed E-state index contributed by atoms with van der Waals surface area (Å²) in [6, 6.07) is 8.78. The van der Waals surface area contributed by atoms with Crippen molar-refractivity contribution < 1.29 is 4.79 Å². The standard InChI is InChI=1S/C15H16ClN3OS/c1-10(11-4-3-7-17-9-11)18-15(20)19-13-8-12(16)5-6-14(13)21-2/h3-10H,1-2H3,(H2,18,19,20). The van der Waals surface area contributed by atoms with Crippen molar-refractivity contribution in [3.8, 4) is 0 Å². The van der Waals surface area contributed by atoms with Crippen LogP contribution in [0.2, 0.25) is 5.02 Å². The van der Waals surface area contributed by atoms with Crippen LogP contribution in [-0.2, 0) is 0 Å². The van der Waals surface area contributed by atoms with Crippen molar-refractivity contribution in [3.05, 3.63) is 53.3 Å². The Morgan fingerprint density at radius 1 is 1.38 bits per heavy atom. The highest BCUT2D eigenvalue weighted by atomic mass is 35.5. The Kier molecular flexibility index (Phi) is 5.47. The molecule has 1 aromatic heterocycles. The predicted molar refractivity (Wildman–Crippen MR) is 88.0 cm³/mol. The van der Waals surface area contributed by atoms with E-state index in [0.717, 1.165) is 10.5 Å². The van der Waals surface area contributed by atoms with E-state index in [1.54, 1.807) is 36.3 Å². The summed E-state index contributed by atoms with van der Waals surface area (Å²) in [7, 11) is 0. The van der Waals surface area contributed by atoms with E-state index in [9.17, 15) is 4.79 Å². The lowest BCUT2D eigenvalue weighted by atomic mass is 10.1. The van der Waals surface area contributed by atoms with E-state index in [1.807, 2.05) is 31.4 Å². The lowest BCUT2D eigenvalue weighted by Gasteiger charge is -2.16. The first-order valence-electron chi connectivity index (χ1n) is 6.41. The first-order chi connectivity index (χ1) is 10.1. The number of aromatic nitrogens is 1. The molecule has 1 heterocycles. The highest BCUT2D eigenvalue weighted by Gasteiger charge is 2.11. The SMILES string of the molecule is CSc1ccc(Cl)cc1NC(=O)NC(C)c1cccnc1. The minimum Gasteiger partial charge on any atom is -0.331 e. The molecule has 0 saturated heterocycles. The van der Waals surface area contributed by atoms with E-state index in [2.05, 4.69) is 15.6 Å². The maximum atomic E-state index is 12.1. The van der Waals surface area contributed by atoms with E-state index in [0.29, 0.717) is 10.7 Å². The van der Waals surface area contributed by atoms with Crippen molar-refractivity contribution in [1.82, 2.24) is 10.3 Å². The van der Waals surface area contributed by atoms with Gasteiger partial charge in [-0.1, -0.05) is 17.7 Å². The number of carbonyl (C=O) groups is 1. The largest absolute Gasteiger partial charge is 0.331 e. The molecule has 0 spiro atoms. The molecule has 2 N–H and O–H groups in total. The normalized spacial score (nSPS) is 11.8. The molecule has 0 aliphatic heterocycles. The Labute approximate surface area is 133 Å². The number of urea groups is 1. The number of hydrogen-bond acceptors (Lipinski definition) is 3. The number of carbonyl (C=O) groups excluding carboxylic acids is 1. The molecule has 2 amide bonds. The second-order valence-electron chi connectivity index (χ2n) is 4.45. The van der Waals surface area contributed by atoms with E-state index in [1.165, 1.54) is 0 Å². The molecule has 0 fully saturated rings. The summed E-state index contributed by atoms with van der Waals surface area (Å²) in [6.45, 7) is 1.91. The van der Waals surface area contributed by atoms with Crippen LogP contribution in [0.3, 0.4) is 0 Å². The minimum absolute atomic E-state index is 0.129. The highest BCUT2D eigenvalue weighted by molar-refractivity contribution is 7.98. The fourth-order valence-corrected chi connectivity index (χ4v) is 2.55. The van der Waals surface area contributed by atoms with Crippen molar-refractivity contribution in [2.75, 3.05) is 11.6 Å². The summed E-state index contributed by atoms with van der Waals surface area (Å²) in [4.78, 5) is 17.1. The van der Waals surface area contributed by atoms with Crippen LogP contribution in [0.15, 0.2) is 47.6 Å². The van der Waals surface area contributed by atoms with E-state index >= 15 is 0 Å². The zero-order valence-corrected chi connectivity index (χ0v) is 13.3. The summed E-state index contributed by atoms with van der Waals surface area (Å²) in [5.74, 6) is 0. The number of anilines is 1. The van der Waals surface area contributed by atoms with Gasteiger partial charge in [0.05, 0.1) is 11.7 Å². The quantitative estimate of drug-likeness (QED) is 0.824. The van der Waals surface area contributed by atoms with Gasteiger partial charge in [-0.2, -0.15) is 0 Å². The Balaban J connectivity index is 2.04. The van der Waals surface area contributed by atoms with Crippen LogP contribution in [0.1, 0.15) is 18.5 Å². The van der Waals surface area contributed by atoms with Crippen molar-refractivity contribution in [3.63, 3.8) is 0 Å². The van der Waals surface area contributed by atoms with Crippen molar-refractivity contribution in [2.24, 2.45) is 0 Å². The second kappa shape index (κ2) is 7.33. The Morgan fingerprint density at radius 3 is 2.86 bits per heavy atom. The summed E-state index contributed by atoms with van der Waals surface area (Å²) >= 11 is 7.52. The number of nitrogens with one attached hydrogen (secondary N) is 2. The predicted octanol–water partition coefficient (Wildman–Crippen LogP) is 4.34. The van der Waals surface area contributed by atoms with E-state index in [4.69, 9.17) is 11.6 Å². The summed E-state index contributed by atoms with van der Waals surface area (Å²) in [6.07, 6.45) is 5.38. The van der Waals surface area contributed by atoms with Crippen LogP contribution in [-0.4, -0.2) is 17.3 Å². The molecule has 1 aromatic carbocycles. The van der Waals surface area contributed by atoms with Crippen LogP contribution in [0.25, 0.3) is 0 Å². The maximum Gasteiger partial charge on any atom is 0.319 e. The van der Waals surface area contributed by atoms with Gasteiger partial charge in [0.25, 0.3) is 0 Å². The van der Waals surface area contributed by atoms with Crippen LogP contribution >= 0.6 is 23.4 Å². The second-order valence-corrected chi connectivity index (χ2v) is 5.74. The molecule has 0 radical (unpaired) electrons. The van der Waals surface area contributed by atoms with Crippen molar-refractivity contribution in [2.45, 2.75) is 17.9 Å². The van der Waals surface area contributed by atoms with Gasteiger partial charge in [-0.05, 0) is 43.0 Å². The molecular formula is C15H16ClN3OS. The Bertz CT molecular complexity index is 622. The van der Waals surface area contributed by atoms with Gasteiger partial charge in [-0.25, -0.2) is 4.79 Å².